The van der Waals surface area contributed by atoms with Gasteiger partial charge < -0.3 is 15.3 Å². The summed E-state index contributed by atoms with van der Waals surface area (Å²) >= 11 is 0. The van der Waals surface area contributed by atoms with Gasteiger partial charge in [0.05, 0.1) is 5.56 Å². The lowest BCUT2D eigenvalue weighted by molar-refractivity contribution is -0.128. The Bertz CT molecular complexity index is 634. The summed E-state index contributed by atoms with van der Waals surface area (Å²) < 4.78 is 13.7. The molecule has 1 fully saturated rings. The maximum absolute atomic E-state index is 13.7. The number of rotatable bonds is 2. The van der Waals surface area contributed by atoms with Gasteiger partial charge in [0, 0.05) is 19.2 Å². The van der Waals surface area contributed by atoms with E-state index in [0.717, 1.165) is 6.07 Å². The number of benzene rings is 1. The highest BCUT2D eigenvalue weighted by Gasteiger charge is 2.30. The van der Waals surface area contributed by atoms with Gasteiger partial charge in [-0.25, -0.2) is 4.39 Å². The molecule has 0 radical (unpaired) electrons. The van der Waals surface area contributed by atoms with Crippen LogP contribution in [0.15, 0.2) is 18.2 Å². The van der Waals surface area contributed by atoms with Crippen molar-refractivity contribution in [3.05, 3.63) is 35.1 Å². The Labute approximate surface area is 121 Å². The second kappa shape index (κ2) is 6.37. The molecule has 5 nitrogen and oxygen atoms in total. The summed E-state index contributed by atoms with van der Waals surface area (Å²) in [7, 11) is 1.65. The number of aliphatic hydroxyl groups is 1. The summed E-state index contributed by atoms with van der Waals surface area (Å²) in [4.78, 5) is 25.3. The van der Waals surface area contributed by atoms with Crippen LogP contribution in [-0.2, 0) is 4.79 Å². The van der Waals surface area contributed by atoms with E-state index in [1.165, 1.54) is 17.0 Å². The Morgan fingerprint density at radius 1 is 1.57 bits per heavy atom. The van der Waals surface area contributed by atoms with Crippen molar-refractivity contribution in [3.8, 4) is 11.8 Å². The number of nitrogens with zero attached hydrogens (tertiary/aromatic N) is 1. The molecule has 21 heavy (non-hydrogen) atoms. The van der Waals surface area contributed by atoms with Crippen molar-refractivity contribution in [2.75, 3.05) is 20.2 Å². The highest BCUT2D eigenvalue weighted by atomic mass is 19.1. The van der Waals surface area contributed by atoms with Crippen molar-refractivity contribution in [2.45, 2.75) is 12.5 Å². The van der Waals surface area contributed by atoms with Crippen LogP contribution in [0.5, 0.6) is 0 Å². The molecule has 1 heterocycles. The zero-order valence-corrected chi connectivity index (χ0v) is 11.5. The molecular weight excluding hydrogens is 275 g/mol. The maximum Gasteiger partial charge on any atom is 0.254 e. The van der Waals surface area contributed by atoms with Gasteiger partial charge in [0.15, 0.2) is 0 Å². The van der Waals surface area contributed by atoms with Crippen LogP contribution >= 0.6 is 0 Å². The predicted octanol–water partition coefficient (Wildman–Crippen LogP) is 0.130. The number of likely N-dealkylation sites (N-methyl/N-ethyl adjacent to an activating group) is 1. The monoisotopic (exact) mass is 290 g/mol. The van der Waals surface area contributed by atoms with E-state index < -0.39 is 17.8 Å². The Morgan fingerprint density at radius 2 is 2.33 bits per heavy atom. The van der Waals surface area contributed by atoms with Gasteiger partial charge in [0.2, 0.25) is 5.91 Å². The second-order valence-electron chi connectivity index (χ2n) is 4.73. The predicted molar refractivity (Wildman–Crippen MR) is 73.9 cm³/mol. The first kappa shape index (κ1) is 15.0. The standard InChI is InChI=1S/C15H15FN2O3/c1-18-7-6-13(15(18)21)17-14(20)11-9-10(3-2-8-19)4-5-12(11)16/h4-5,9,13,19H,6-8H2,1H3,(H,17,20). The highest BCUT2D eigenvalue weighted by molar-refractivity contribution is 5.98. The molecule has 0 saturated carbocycles. The maximum atomic E-state index is 13.7. The first-order valence-electron chi connectivity index (χ1n) is 6.48. The molecule has 1 aromatic rings. The molecule has 2 N–H and O–H groups in total. The zero-order valence-electron chi connectivity index (χ0n) is 11.5. The molecule has 110 valence electrons. The van der Waals surface area contributed by atoms with Crippen LogP contribution in [0.25, 0.3) is 0 Å². The number of carbonyl (C=O) groups is 2. The van der Waals surface area contributed by atoms with Crippen molar-refractivity contribution >= 4 is 11.8 Å². The lowest BCUT2D eigenvalue weighted by Crippen LogP contribution is -2.40. The third kappa shape index (κ3) is 3.38. The molecule has 1 aliphatic rings. The summed E-state index contributed by atoms with van der Waals surface area (Å²) in [5.74, 6) is 3.53. The van der Waals surface area contributed by atoms with Crippen LogP contribution < -0.4 is 5.32 Å². The van der Waals surface area contributed by atoms with E-state index >= 15 is 0 Å². The molecule has 0 aliphatic carbocycles. The van der Waals surface area contributed by atoms with E-state index in [-0.39, 0.29) is 18.1 Å². The fourth-order valence-electron chi connectivity index (χ4n) is 2.11. The van der Waals surface area contributed by atoms with Gasteiger partial charge in [-0.3, -0.25) is 9.59 Å². The highest BCUT2D eigenvalue weighted by Crippen LogP contribution is 2.13. The average Bonchev–Trinajstić information content (AvgIpc) is 2.78. The molecule has 1 aliphatic heterocycles. The second-order valence-corrected chi connectivity index (χ2v) is 4.73. The third-order valence-corrected chi connectivity index (χ3v) is 3.26. The van der Waals surface area contributed by atoms with E-state index in [2.05, 4.69) is 17.2 Å². The molecule has 1 unspecified atom stereocenters. The van der Waals surface area contributed by atoms with Gasteiger partial charge in [-0.1, -0.05) is 11.8 Å². The largest absolute Gasteiger partial charge is 0.384 e. The number of hydrogen-bond donors (Lipinski definition) is 2. The third-order valence-electron chi connectivity index (χ3n) is 3.26. The Kier molecular flexibility index (Phi) is 4.55. The zero-order chi connectivity index (χ0) is 15.4. The quantitative estimate of drug-likeness (QED) is 0.761. The van der Waals surface area contributed by atoms with E-state index in [1.54, 1.807) is 7.05 Å². The molecule has 1 aromatic carbocycles. The van der Waals surface area contributed by atoms with Crippen LogP contribution in [0.1, 0.15) is 22.3 Å². The van der Waals surface area contributed by atoms with Crippen molar-refractivity contribution in [3.63, 3.8) is 0 Å². The van der Waals surface area contributed by atoms with E-state index in [0.29, 0.717) is 18.5 Å². The molecule has 1 saturated heterocycles. The molecule has 0 aromatic heterocycles. The first-order chi connectivity index (χ1) is 10.0. The number of aliphatic hydroxyl groups excluding tert-OH is 1. The Hall–Kier alpha value is -2.39. The number of likely N-dealkylation sites (tertiary alicyclic amines) is 1. The molecule has 2 amide bonds. The summed E-state index contributed by atoms with van der Waals surface area (Å²) in [6.07, 6.45) is 0.507. The summed E-state index contributed by atoms with van der Waals surface area (Å²) in [5, 5.41) is 11.2. The number of nitrogens with one attached hydrogen (secondary N) is 1. The van der Waals surface area contributed by atoms with Crippen molar-refractivity contribution in [1.82, 2.24) is 10.2 Å². The van der Waals surface area contributed by atoms with Crippen LogP contribution in [0, 0.1) is 17.7 Å². The smallest absolute Gasteiger partial charge is 0.254 e. The average molecular weight is 290 g/mol. The van der Waals surface area contributed by atoms with Crippen LogP contribution in [-0.4, -0.2) is 48.1 Å². The molecule has 6 heteroatoms. The molecule has 1 atom stereocenters. The Balaban J connectivity index is 2.17. The summed E-state index contributed by atoms with van der Waals surface area (Å²) in [5.41, 5.74) is 0.257. The normalized spacial score (nSPS) is 17.4. The first-order valence-corrected chi connectivity index (χ1v) is 6.48. The van der Waals surface area contributed by atoms with E-state index in [1.807, 2.05) is 0 Å². The van der Waals surface area contributed by atoms with Gasteiger partial charge in [-0.15, -0.1) is 0 Å². The van der Waals surface area contributed by atoms with Crippen molar-refractivity contribution in [1.29, 1.82) is 0 Å². The lowest BCUT2D eigenvalue weighted by atomic mass is 10.1. The SMILES string of the molecule is CN1CCC(NC(=O)c2cc(C#CCO)ccc2F)C1=O. The topological polar surface area (TPSA) is 69.6 Å². The van der Waals surface area contributed by atoms with E-state index in [9.17, 15) is 14.0 Å². The molecule has 0 bridgehead atoms. The lowest BCUT2D eigenvalue weighted by Gasteiger charge is -2.12. The fourth-order valence-corrected chi connectivity index (χ4v) is 2.11. The minimum Gasteiger partial charge on any atom is -0.384 e. The van der Waals surface area contributed by atoms with E-state index in [4.69, 9.17) is 5.11 Å². The molecule has 2 rings (SSSR count). The number of halogens is 1. The summed E-state index contributed by atoms with van der Waals surface area (Å²) in [6, 6.07) is 3.24. The van der Waals surface area contributed by atoms with Gasteiger partial charge in [0.1, 0.15) is 18.5 Å². The number of hydrogen-bond acceptors (Lipinski definition) is 3. The van der Waals surface area contributed by atoms with Crippen LogP contribution in [0.3, 0.4) is 0 Å². The van der Waals surface area contributed by atoms with Crippen molar-refractivity contribution in [2.24, 2.45) is 0 Å². The Morgan fingerprint density at radius 3 is 2.95 bits per heavy atom. The van der Waals surface area contributed by atoms with Gasteiger partial charge in [-0.05, 0) is 24.6 Å². The van der Waals surface area contributed by atoms with Crippen LogP contribution in [0.4, 0.5) is 4.39 Å². The van der Waals surface area contributed by atoms with Crippen molar-refractivity contribution < 1.29 is 19.1 Å². The minimum atomic E-state index is -0.680. The molecule has 0 spiro atoms. The molecular formula is C15H15FN2O3. The minimum absolute atomic E-state index is 0.165. The summed E-state index contributed by atoms with van der Waals surface area (Å²) in [6.45, 7) is 0.246. The fraction of sp³-hybridized carbons (Fsp3) is 0.333. The van der Waals surface area contributed by atoms with Crippen LogP contribution in [0.2, 0.25) is 0 Å². The van der Waals surface area contributed by atoms with Gasteiger partial charge in [0.25, 0.3) is 5.91 Å². The number of amides is 2. The van der Waals surface area contributed by atoms with Gasteiger partial charge >= 0.3 is 0 Å². The number of carbonyl (C=O) groups excluding carboxylic acids is 2. The van der Waals surface area contributed by atoms with Gasteiger partial charge in [-0.2, -0.15) is 0 Å².